The van der Waals surface area contributed by atoms with Gasteiger partial charge in [-0.3, -0.25) is 0 Å². The van der Waals surface area contributed by atoms with Gasteiger partial charge in [-0.15, -0.1) is 11.3 Å². The fourth-order valence-corrected chi connectivity index (χ4v) is 6.08. The number of aromatic nitrogens is 4. The van der Waals surface area contributed by atoms with E-state index in [-0.39, 0.29) is 0 Å². The molecule has 0 unspecified atom stereocenters. The quantitative estimate of drug-likeness (QED) is 0.210. The fourth-order valence-electron chi connectivity index (χ4n) is 5.03. The van der Waals surface area contributed by atoms with Crippen molar-refractivity contribution in [2.24, 2.45) is 0 Å². The lowest BCUT2D eigenvalue weighted by Gasteiger charge is -2.36. The zero-order chi connectivity index (χ0) is 27.9. The maximum Gasteiger partial charge on any atom is 0.185 e. The molecule has 41 heavy (non-hydrogen) atoms. The Morgan fingerprint density at radius 2 is 1.85 bits per heavy atom. The topological polar surface area (TPSA) is 81.2 Å². The molecule has 2 aromatic carbocycles. The number of ether oxygens (including phenoxy) is 2. The van der Waals surface area contributed by atoms with Gasteiger partial charge in [-0.1, -0.05) is 17.7 Å². The summed E-state index contributed by atoms with van der Waals surface area (Å²) in [4.78, 5) is 14.2. The molecule has 7 rings (SSSR count). The largest absolute Gasteiger partial charge is 0.496 e. The van der Waals surface area contributed by atoms with Crippen LogP contribution >= 0.6 is 22.9 Å². The monoisotopic (exact) mass is 586 g/mol. The molecule has 9 nitrogen and oxygen atoms in total. The van der Waals surface area contributed by atoms with Crippen molar-refractivity contribution in [2.45, 2.75) is 13.5 Å². The molecule has 0 amide bonds. The van der Waals surface area contributed by atoms with Gasteiger partial charge in [0.05, 0.1) is 30.1 Å². The first-order chi connectivity index (χ1) is 20.0. The first-order valence-corrected chi connectivity index (χ1v) is 14.6. The summed E-state index contributed by atoms with van der Waals surface area (Å²) in [5.41, 5.74) is 5.06. The van der Waals surface area contributed by atoms with Crippen molar-refractivity contribution in [3.63, 3.8) is 0 Å². The van der Waals surface area contributed by atoms with Crippen molar-refractivity contribution in [1.29, 1.82) is 0 Å². The third-order valence-corrected chi connectivity index (χ3v) is 8.34. The molecule has 1 saturated heterocycles. The third-order valence-electron chi connectivity index (χ3n) is 7.15. The van der Waals surface area contributed by atoms with Gasteiger partial charge in [-0.25, -0.2) is 14.5 Å². The van der Waals surface area contributed by atoms with E-state index in [0.29, 0.717) is 35.1 Å². The minimum atomic E-state index is 0.333. The molecule has 0 bridgehead atoms. The smallest absolute Gasteiger partial charge is 0.185 e. The van der Waals surface area contributed by atoms with Crippen LogP contribution in [0.2, 0.25) is 5.02 Å². The molecule has 0 radical (unpaired) electrons. The number of furan rings is 1. The molecule has 1 aliphatic rings. The fraction of sp³-hybridized carbons (Fsp3) is 0.233. The lowest BCUT2D eigenvalue weighted by atomic mass is 10.2. The van der Waals surface area contributed by atoms with Crippen molar-refractivity contribution in [3.8, 4) is 23.0 Å². The van der Waals surface area contributed by atoms with Crippen LogP contribution < -0.4 is 19.3 Å². The molecular weight excluding hydrogens is 560 g/mol. The summed E-state index contributed by atoms with van der Waals surface area (Å²) in [5.74, 6) is 1.95. The highest BCUT2D eigenvalue weighted by Gasteiger charge is 2.21. The zero-order valence-electron chi connectivity index (χ0n) is 22.6. The Hall–Kier alpha value is -4.28. The van der Waals surface area contributed by atoms with Crippen LogP contribution in [0, 0.1) is 6.92 Å². The molecule has 1 aliphatic heterocycles. The van der Waals surface area contributed by atoms with Crippen LogP contribution in [0.3, 0.4) is 0 Å². The van der Waals surface area contributed by atoms with E-state index in [1.54, 1.807) is 23.0 Å². The summed E-state index contributed by atoms with van der Waals surface area (Å²) >= 11 is 7.83. The highest BCUT2D eigenvalue weighted by molar-refractivity contribution is 7.13. The SMILES string of the molecule is COc1cc(OCc2csc(N3CCN(c4cccc(Cl)c4)CC3)n2)c2cc(-c3cn4nc(C)ccc4n3)oc2c1. The lowest BCUT2D eigenvalue weighted by molar-refractivity contribution is 0.303. The molecule has 0 N–H and O–H groups in total. The Balaban J connectivity index is 1.07. The standard InChI is InChI=1S/C30H27ClN6O3S/c1-19-6-7-29-33-25(16-37(29)34-19)28-15-24-26(13-23(38-2)14-27(24)40-28)39-17-21-18-41-30(32-21)36-10-8-35(9-11-36)22-5-3-4-20(31)12-22/h3-7,12-16,18H,8-11,17H2,1-2H3. The predicted molar refractivity (Wildman–Crippen MR) is 162 cm³/mol. The number of rotatable bonds is 7. The van der Waals surface area contributed by atoms with Gasteiger partial charge in [0.25, 0.3) is 0 Å². The number of benzene rings is 2. The number of imidazole rings is 1. The van der Waals surface area contributed by atoms with E-state index < -0.39 is 0 Å². The van der Waals surface area contributed by atoms with Crippen LogP contribution in [-0.2, 0) is 6.61 Å². The molecule has 208 valence electrons. The Kier molecular flexibility index (Phi) is 6.64. The van der Waals surface area contributed by atoms with Gasteiger partial charge in [0.2, 0.25) is 0 Å². The van der Waals surface area contributed by atoms with Crippen molar-refractivity contribution in [3.05, 3.63) is 82.6 Å². The van der Waals surface area contributed by atoms with Crippen LogP contribution in [-0.4, -0.2) is 52.9 Å². The van der Waals surface area contributed by atoms with E-state index in [1.165, 1.54) is 0 Å². The average molecular weight is 587 g/mol. The Morgan fingerprint density at radius 3 is 2.68 bits per heavy atom. The van der Waals surface area contributed by atoms with Crippen molar-refractivity contribution in [1.82, 2.24) is 19.6 Å². The number of anilines is 2. The second-order valence-electron chi connectivity index (χ2n) is 9.92. The maximum absolute atomic E-state index is 6.29. The summed E-state index contributed by atoms with van der Waals surface area (Å²) in [6.07, 6.45) is 1.86. The van der Waals surface area contributed by atoms with Crippen molar-refractivity contribution < 1.29 is 13.9 Å². The number of nitrogens with zero attached hydrogens (tertiary/aromatic N) is 6. The molecule has 11 heteroatoms. The molecule has 0 spiro atoms. The van der Waals surface area contributed by atoms with Crippen molar-refractivity contribution in [2.75, 3.05) is 43.1 Å². The second-order valence-corrected chi connectivity index (χ2v) is 11.2. The normalized spacial score (nSPS) is 13.8. The molecule has 0 atom stereocenters. The van der Waals surface area contributed by atoms with Gasteiger partial charge in [0.1, 0.15) is 29.4 Å². The van der Waals surface area contributed by atoms with Crippen molar-refractivity contribution >= 4 is 50.4 Å². The van der Waals surface area contributed by atoms with Crippen LogP contribution in [0.4, 0.5) is 10.8 Å². The molecular formula is C30H27ClN6O3S. The van der Waals surface area contributed by atoms with Gasteiger partial charge in [-0.05, 0) is 43.3 Å². The number of halogens is 1. The van der Waals surface area contributed by atoms with Crippen LogP contribution in [0.25, 0.3) is 28.1 Å². The molecule has 1 fully saturated rings. The summed E-state index contributed by atoms with van der Waals surface area (Å²) in [5, 5.41) is 9.16. The molecule has 0 aliphatic carbocycles. The molecule has 0 saturated carbocycles. The zero-order valence-corrected chi connectivity index (χ0v) is 24.2. The van der Waals surface area contributed by atoms with Gasteiger partial charge in [0.15, 0.2) is 16.5 Å². The number of methoxy groups -OCH3 is 1. The minimum absolute atomic E-state index is 0.333. The Morgan fingerprint density at radius 1 is 1.00 bits per heavy atom. The molecule has 6 aromatic rings. The first-order valence-electron chi connectivity index (χ1n) is 13.3. The van der Waals surface area contributed by atoms with Gasteiger partial charge in [0, 0.05) is 54.4 Å². The summed E-state index contributed by atoms with van der Waals surface area (Å²) in [6.45, 7) is 5.90. The highest BCUT2D eigenvalue weighted by atomic mass is 35.5. The van der Waals surface area contributed by atoms with E-state index in [4.69, 9.17) is 30.5 Å². The third kappa shape index (κ3) is 5.16. The molecule has 4 aromatic heterocycles. The average Bonchev–Trinajstić information content (AvgIpc) is 3.74. The second kappa shape index (κ2) is 10.6. The van der Waals surface area contributed by atoms with Crippen LogP contribution in [0.5, 0.6) is 11.5 Å². The predicted octanol–water partition coefficient (Wildman–Crippen LogP) is 6.48. The van der Waals surface area contributed by atoms with E-state index in [0.717, 1.165) is 64.4 Å². The van der Waals surface area contributed by atoms with E-state index in [2.05, 4.69) is 31.3 Å². The lowest BCUT2D eigenvalue weighted by Crippen LogP contribution is -2.46. The maximum atomic E-state index is 6.29. The van der Waals surface area contributed by atoms with E-state index in [1.807, 2.05) is 61.7 Å². The van der Waals surface area contributed by atoms with Crippen LogP contribution in [0.1, 0.15) is 11.4 Å². The molecule has 5 heterocycles. The Bertz CT molecular complexity index is 1860. The number of fused-ring (bicyclic) bond motifs is 2. The first kappa shape index (κ1) is 25.7. The number of piperazine rings is 1. The summed E-state index contributed by atoms with van der Waals surface area (Å²) in [7, 11) is 1.63. The number of thiazole rings is 1. The van der Waals surface area contributed by atoms with Crippen LogP contribution in [0.15, 0.2) is 70.6 Å². The van der Waals surface area contributed by atoms with E-state index in [9.17, 15) is 0 Å². The number of hydrogen-bond donors (Lipinski definition) is 0. The van der Waals surface area contributed by atoms with Gasteiger partial charge >= 0.3 is 0 Å². The van der Waals surface area contributed by atoms with Gasteiger partial charge in [-0.2, -0.15) is 5.10 Å². The van der Waals surface area contributed by atoms with E-state index >= 15 is 0 Å². The summed E-state index contributed by atoms with van der Waals surface area (Å²) in [6, 6.07) is 17.6. The number of hydrogen-bond acceptors (Lipinski definition) is 9. The highest BCUT2D eigenvalue weighted by Crippen LogP contribution is 2.37. The Labute approximate surface area is 245 Å². The number of aryl methyl sites for hydroxylation is 1. The van der Waals surface area contributed by atoms with Gasteiger partial charge < -0.3 is 23.7 Å². The minimum Gasteiger partial charge on any atom is -0.496 e. The summed E-state index contributed by atoms with van der Waals surface area (Å²) < 4.78 is 19.7.